The summed E-state index contributed by atoms with van der Waals surface area (Å²) in [5.74, 6) is -0.255. The molecular weight excluding hydrogens is 374 g/mol. The van der Waals surface area contributed by atoms with Gasteiger partial charge in [-0.1, -0.05) is 31.2 Å². The van der Waals surface area contributed by atoms with Gasteiger partial charge in [-0.2, -0.15) is 0 Å². The number of rotatable bonds is 4. The molecule has 0 saturated heterocycles. The van der Waals surface area contributed by atoms with Crippen molar-refractivity contribution in [3.05, 3.63) is 81.2 Å². The number of thiazole rings is 1. The fraction of sp³-hybridized carbons (Fsp3) is 0.136. The van der Waals surface area contributed by atoms with Crippen LogP contribution in [0.3, 0.4) is 0 Å². The van der Waals surface area contributed by atoms with Crippen molar-refractivity contribution in [1.29, 1.82) is 0 Å². The quantitative estimate of drug-likeness (QED) is 0.278. The molecule has 2 aromatic heterocycles. The molecule has 140 valence electrons. The van der Waals surface area contributed by atoms with E-state index in [2.05, 4.69) is 24.0 Å². The lowest BCUT2D eigenvalue weighted by molar-refractivity contribution is 0.0729. The molecule has 0 bridgehead atoms. The van der Waals surface area contributed by atoms with Crippen molar-refractivity contribution in [3.8, 4) is 16.3 Å². The molecule has 0 spiro atoms. The van der Waals surface area contributed by atoms with Crippen LogP contribution in [0.25, 0.3) is 21.5 Å². The largest absolute Gasteiger partial charge is 0.423 e. The number of ether oxygens (including phenoxy) is 1. The zero-order chi connectivity index (χ0) is 19.7. The minimum Gasteiger partial charge on any atom is -0.423 e. The molecule has 2 aromatic carbocycles. The van der Waals surface area contributed by atoms with Crippen molar-refractivity contribution < 1.29 is 13.9 Å². The van der Waals surface area contributed by atoms with Crippen LogP contribution in [0.15, 0.2) is 63.1 Å². The molecule has 2 heterocycles. The number of esters is 1. The second kappa shape index (κ2) is 7.40. The average molecular weight is 391 g/mol. The molecule has 0 radical (unpaired) electrons. The first-order valence-electron chi connectivity index (χ1n) is 8.85. The van der Waals surface area contributed by atoms with E-state index in [1.54, 1.807) is 23.6 Å². The predicted molar refractivity (Wildman–Crippen MR) is 109 cm³/mol. The zero-order valence-electron chi connectivity index (χ0n) is 15.4. The first kappa shape index (κ1) is 18.1. The molecule has 0 aliphatic heterocycles. The van der Waals surface area contributed by atoms with Crippen molar-refractivity contribution in [2.75, 3.05) is 0 Å². The van der Waals surface area contributed by atoms with Gasteiger partial charge in [-0.25, -0.2) is 14.6 Å². The van der Waals surface area contributed by atoms with Crippen LogP contribution in [0.2, 0.25) is 0 Å². The van der Waals surface area contributed by atoms with Gasteiger partial charge in [0, 0.05) is 28.5 Å². The lowest BCUT2D eigenvalue weighted by atomic mass is 10.1. The highest BCUT2D eigenvalue weighted by molar-refractivity contribution is 7.13. The molecule has 5 nitrogen and oxygen atoms in total. The number of aromatic nitrogens is 1. The molecule has 0 atom stereocenters. The smallest absolute Gasteiger partial charge is 0.363 e. The van der Waals surface area contributed by atoms with Crippen LogP contribution in [0.5, 0.6) is 5.75 Å². The Morgan fingerprint density at radius 1 is 1.14 bits per heavy atom. The van der Waals surface area contributed by atoms with Gasteiger partial charge in [0.1, 0.15) is 16.3 Å². The monoisotopic (exact) mass is 391 g/mol. The zero-order valence-corrected chi connectivity index (χ0v) is 16.2. The summed E-state index contributed by atoms with van der Waals surface area (Å²) >= 11 is 1.39. The van der Waals surface area contributed by atoms with Crippen molar-refractivity contribution >= 4 is 28.3 Å². The van der Waals surface area contributed by atoms with Gasteiger partial charge >= 0.3 is 11.6 Å². The molecule has 0 aliphatic rings. The van der Waals surface area contributed by atoms with Gasteiger partial charge in [0.2, 0.25) is 0 Å². The average Bonchev–Trinajstić information content (AvgIpc) is 3.18. The van der Waals surface area contributed by atoms with Crippen LogP contribution >= 0.6 is 11.3 Å². The standard InChI is InChI=1S/C22H17NO4S/c1-3-14-4-6-15(7-5-14)21-23-18(12-28-21)22(25)26-16-8-9-17-13(2)10-20(24)27-19(17)11-16/h4-12H,3H2,1-2H3. The van der Waals surface area contributed by atoms with E-state index in [-0.39, 0.29) is 5.69 Å². The number of carbonyl (C=O) groups is 1. The van der Waals surface area contributed by atoms with Crippen LogP contribution in [0.4, 0.5) is 0 Å². The maximum Gasteiger partial charge on any atom is 0.363 e. The van der Waals surface area contributed by atoms with Crippen LogP contribution in [-0.4, -0.2) is 11.0 Å². The third-order valence-corrected chi connectivity index (χ3v) is 5.35. The Bertz CT molecular complexity index is 1220. The molecule has 0 unspecified atom stereocenters. The Kier molecular flexibility index (Phi) is 4.79. The third kappa shape index (κ3) is 3.59. The summed E-state index contributed by atoms with van der Waals surface area (Å²) in [5.41, 5.74) is 3.20. The molecule has 0 aliphatic carbocycles. The molecular formula is C22H17NO4S. The number of benzene rings is 2. The van der Waals surface area contributed by atoms with Gasteiger partial charge in [0.15, 0.2) is 5.69 Å². The molecule has 0 saturated carbocycles. The second-order valence-electron chi connectivity index (χ2n) is 6.38. The van der Waals surface area contributed by atoms with Crippen LogP contribution in [-0.2, 0) is 6.42 Å². The highest BCUT2D eigenvalue weighted by Crippen LogP contribution is 2.26. The van der Waals surface area contributed by atoms with Gasteiger partial charge in [0.25, 0.3) is 0 Å². The van der Waals surface area contributed by atoms with E-state index in [1.165, 1.54) is 23.0 Å². The van der Waals surface area contributed by atoms with Gasteiger partial charge in [-0.3, -0.25) is 0 Å². The number of aryl methyl sites for hydroxylation is 2. The van der Waals surface area contributed by atoms with Gasteiger partial charge in [-0.05, 0) is 36.6 Å². The fourth-order valence-corrected chi connectivity index (χ4v) is 3.71. The molecule has 0 fully saturated rings. The van der Waals surface area contributed by atoms with Gasteiger partial charge < -0.3 is 9.15 Å². The second-order valence-corrected chi connectivity index (χ2v) is 7.24. The van der Waals surface area contributed by atoms with E-state index in [1.807, 2.05) is 19.1 Å². The number of carbonyl (C=O) groups excluding carboxylic acids is 1. The molecule has 6 heteroatoms. The van der Waals surface area contributed by atoms with Crippen molar-refractivity contribution in [3.63, 3.8) is 0 Å². The molecule has 0 N–H and O–H groups in total. The van der Waals surface area contributed by atoms with E-state index in [9.17, 15) is 9.59 Å². The predicted octanol–water partition coefficient (Wildman–Crippen LogP) is 5.01. The van der Waals surface area contributed by atoms with E-state index in [0.29, 0.717) is 11.3 Å². The van der Waals surface area contributed by atoms with Crippen molar-refractivity contribution in [1.82, 2.24) is 4.98 Å². The Balaban J connectivity index is 1.56. The first-order chi connectivity index (χ1) is 13.5. The number of hydrogen-bond donors (Lipinski definition) is 0. The van der Waals surface area contributed by atoms with E-state index in [0.717, 1.165) is 27.9 Å². The summed E-state index contributed by atoms with van der Waals surface area (Å²) in [6, 6.07) is 14.5. The van der Waals surface area contributed by atoms with E-state index >= 15 is 0 Å². The summed E-state index contributed by atoms with van der Waals surface area (Å²) in [6.45, 7) is 3.93. The number of hydrogen-bond acceptors (Lipinski definition) is 6. The van der Waals surface area contributed by atoms with Crippen LogP contribution in [0, 0.1) is 6.92 Å². The molecule has 28 heavy (non-hydrogen) atoms. The van der Waals surface area contributed by atoms with Crippen molar-refractivity contribution in [2.24, 2.45) is 0 Å². The maximum atomic E-state index is 12.5. The Labute approximate surface area is 165 Å². The summed E-state index contributed by atoms with van der Waals surface area (Å²) < 4.78 is 10.6. The molecule has 0 amide bonds. The first-order valence-corrected chi connectivity index (χ1v) is 9.73. The van der Waals surface area contributed by atoms with Gasteiger partial charge in [-0.15, -0.1) is 11.3 Å². The normalized spacial score (nSPS) is 10.9. The van der Waals surface area contributed by atoms with Gasteiger partial charge in [0.05, 0.1) is 0 Å². The van der Waals surface area contributed by atoms with Crippen LogP contribution < -0.4 is 10.4 Å². The molecule has 4 rings (SSSR count). The topological polar surface area (TPSA) is 69.4 Å². The Morgan fingerprint density at radius 3 is 2.68 bits per heavy atom. The lowest BCUT2D eigenvalue weighted by Crippen LogP contribution is -2.09. The minimum atomic E-state index is -0.554. The minimum absolute atomic E-state index is 0.241. The Morgan fingerprint density at radius 2 is 1.93 bits per heavy atom. The fourth-order valence-electron chi connectivity index (χ4n) is 2.91. The summed E-state index contributed by atoms with van der Waals surface area (Å²) in [7, 11) is 0. The molecule has 4 aromatic rings. The van der Waals surface area contributed by atoms with E-state index < -0.39 is 11.6 Å². The highest BCUT2D eigenvalue weighted by atomic mass is 32.1. The van der Waals surface area contributed by atoms with Crippen molar-refractivity contribution in [2.45, 2.75) is 20.3 Å². The summed E-state index contributed by atoms with van der Waals surface area (Å²) in [6.07, 6.45) is 0.973. The summed E-state index contributed by atoms with van der Waals surface area (Å²) in [4.78, 5) is 28.4. The van der Waals surface area contributed by atoms with Crippen LogP contribution in [0.1, 0.15) is 28.5 Å². The lowest BCUT2D eigenvalue weighted by Gasteiger charge is -2.05. The Hall–Kier alpha value is -3.25. The van der Waals surface area contributed by atoms with E-state index in [4.69, 9.17) is 9.15 Å². The number of nitrogens with zero attached hydrogens (tertiary/aromatic N) is 1. The third-order valence-electron chi connectivity index (χ3n) is 4.46. The number of fused-ring (bicyclic) bond motifs is 1. The highest BCUT2D eigenvalue weighted by Gasteiger charge is 2.15. The SMILES string of the molecule is CCc1ccc(-c2nc(C(=O)Oc3ccc4c(C)cc(=O)oc4c3)cs2)cc1. The maximum absolute atomic E-state index is 12.5. The summed E-state index contributed by atoms with van der Waals surface area (Å²) in [5, 5.41) is 3.23.